The third kappa shape index (κ3) is 3.66. The van der Waals surface area contributed by atoms with Gasteiger partial charge in [-0.2, -0.15) is 13.2 Å². The van der Waals surface area contributed by atoms with Crippen molar-refractivity contribution in [2.24, 2.45) is 11.8 Å². The van der Waals surface area contributed by atoms with Gasteiger partial charge in [0.15, 0.2) is 5.69 Å². The van der Waals surface area contributed by atoms with Crippen molar-refractivity contribution in [2.45, 2.75) is 19.5 Å². The van der Waals surface area contributed by atoms with E-state index < -0.39 is 23.8 Å². The number of carboxylic acids is 1. The van der Waals surface area contributed by atoms with E-state index in [4.69, 9.17) is 5.11 Å². The van der Waals surface area contributed by atoms with Crippen molar-refractivity contribution in [2.75, 3.05) is 18.0 Å². The molecular weight excluding hydrogens is 353 g/mol. The van der Waals surface area contributed by atoms with E-state index in [1.165, 1.54) is 12.1 Å². The minimum atomic E-state index is -4.55. The van der Waals surface area contributed by atoms with Crippen LogP contribution in [0.1, 0.15) is 19.0 Å². The summed E-state index contributed by atoms with van der Waals surface area (Å²) >= 11 is 2.84. The van der Waals surface area contributed by atoms with Crippen molar-refractivity contribution in [1.29, 1.82) is 0 Å². The molecule has 116 valence electrons. The highest BCUT2D eigenvalue weighted by Gasteiger charge is 2.36. The van der Waals surface area contributed by atoms with Crippen molar-refractivity contribution in [3.8, 4) is 0 Å². The minimum absolute atomic E-state index is 0.0830. The summed E-state index contributed by atoms with van der Waals surface area (Å²) in [7, 11) is 0. The molecule has 2 heterocycles. The van der Waals surface area contributed by atoms with E-state index in [9.17, 15) is 18.0 Å². The van der Waals surface area contributed by atoms with Crippen molar-refractivity contribution >= 4 is 27.7 Å². The SMILES string of the molecule is CC1CC(C(=O)O)CN(c2ccc(Br)c(C(F)(F)F)n2)C1. The van der Waals surface area contributed by atoms with Gasteiger partial charge in [-0.15, -0.1) is 0 Å². The van der Waals surface area contributed by atoms with Crippen LogP contribution in [0.3, 0.4) is 0 Å². The molecule has 1 aromatic heterocycles. The van der Waals surface area contributed by atoms with Crippen LogP contribution in [0, 0.1) is 11.8 Å². The molecule has 0 spiro atoms. The van der Waals surface area contributed by atoms with Crippen LogP contribution in [0.5, 0.6) is 0 Å². The number of rotatable bonds is 2. The van der Waals surface area contributed by atoms with E-state index in [1.54, 1.807) is 4.90 Å². The first-order chi connectivity index (χ1) is 9.68. The molecule has 0 aliphatic carbocycles. The predicted octanol–water partition coefficient (Wildman–Crippen LogP) is 3.41. The van der Waals surface area contributed by atoms with Crippen molar-refractivity contribution < 1.29 is 23.1 Å². The fraction of sp³-hybridized carbons (Fsp3) is 0.538. The molecule has 4 nitrogen and oxygen atoms in total. The standard InChI is InChI=1S/C13H14BrF3N2O2/c1-7-4-8(12(20)21)6-19(5-7)10-3-2-9(14)11(18-10)13(15,16)17/h2-3,7-8H,4-6H2,1H3,(H,20,21). The summed E-state index contributed by atoms with van der Waals surface area (Å²) in [5.41, 5.74) is -0.995. The molecule has 0 saturated carbocycles. The topological polar surface area (TPSA) is 53.4 Å². The number of carboxylic acid groups (broad SMARTS) is 1. The van der Waals surface area contributed by atoms with E-state index in [2.05, 4.69) is 20.9 Å². The Kier molecular flexibility index (Phi) is 4.46. The second kappa shape index (κ2) is 5.82. The van der Waals surface area contributed by atoms with Gasteiger partial charge in [-0.1, -0.05) is 6.92 Å². The van der Waals surface area contributed by atoms with Crippen LogP contribution in [-0.4, -0.2) is 29.1 Å². The number of pyridine rings is 1. The molecule has 1 saturated heterocycles. The smallest absolute Gasteiger partial charge is 0.434 e. The lowest BCUT2D eigenvalue weighted by Crippen LogP contribution is -2.43. The summed E-state index contributed by atoms with van der Waals surface area (Å²) in [5.74, 6) is -1.28. The number of anilines is 1. The molecule has 1 fully saturated rings. The van der Waals surface area contributed by atoms with Gasteiger partial charge < -0.3 is 10.0 Å². The Bertz CT molecular complexity index is 551. The van der Waals surface area contributed by atoms with Gasteiger partial charge in [0, 0.05) is 17.6 Å². The van der Waals surface area contributed by atoms with E-state index in [-0.39, 0.29) is 22.8 Å². The summed E-state index contributed by atoms with van der Waals surface area (Å²) < 4.78 is 38.5. The summed E-state index contributed by atoms with van der Waals surface area (Å²) in [6.45, 7) is 2.55. The Hall–Kier alpha value is -1.31. The van der Waals surface area contributed by atoms with Crippen LogP contribution in [0.2, 0.25) is 0 Å². The second-order valence-corrected chi connectivity index (χ2v) is 6.13. The molecule has 0 amide bonds. The van der Waals surface area contributed by atoms with Crippen molar-refractivity contribution in [1.82, 2.24) is 4.98 Å². The van der Waals surface area contributed by atoms with Crippen LogP contribution >= 0.6 is 15.9 Å². The first-order valence-electron chi connectivity index (χ1n) is 6.40. The molecule has 21 heavy (non-hydrogen) atoms. The second-order valence-electron chi connectivity index (χ2n) is 5.28. The lowest BCUT2D eigenvalue weighted by atomic mass is 9.90. The lowest BCUT2D eigenvalue weighted by Gasteiger charge is -2.35. The van der Waals surface area contributed by atoms with Crippen LogP contribution in [-0.2, 0) is 11.0 Å². The largest absolute Gasteiger partial charge is 0.481 e. The molecule has 2 rings (SSSR count). The molecule has 0 radical (unpaired) electrons. The molecule has 8 heteroatoms. The maximum absolute atomic E-state index is 12.9. The van der Waals surface area contributed by atoms with Crippen LogP contribution in [0.25, 0.3) is 0 Å². The number of carbonyl (C=O) groups is 1. The van der Waals surface area contributed by atoms with Gasteiger partial charge in [-0.05, 0) is 40.4 Å². The molecule has 0 bridgehead atoms. The average Bonchev–Trinajstić information content (AvgIpc) is 2.37. The minimum Gasteiger partial charge on any atom is -0.481 e. The summed E-state index contributed by atoms with van der Waals surface area (Å²) in [6, 6.07) is 2.76. The summed E-state index contributed by atoms with van der Waals surface area (Å²) in [6.07, 6.45) is -4.03. The number of halogens is 4. The molecule has 1 aromatic rings. The highest BCUT2D eigenvalue weighted by atomic mass is 79.9. The lowest BCUT2D eigenvalue weighted by molar-refractivity contribution is -0.143. The number of aliphatic carboxylic acids is 1. The van der Waals surface area contributed by atoms with Gasteiger partial charge in [-0.25, -0.2) is 4.98 Å². The molecule has 2 unspecified atom stereocenters. The Balaban J connectivity index is 2.31. The van der Waals surface area contributed by atoms with Crippen LogP contribution < -0.4 is 4.90 Å². The summed E-state index contributed by atoms with van der Waals surface area (Å²) in [5, 5.41) is 9.11. The molecular formula is C13H14BrF3N2O2. The molecule has 1 N–H and O–H groups in total. The van der Waals surface area contributed by atoms with Gasteiger partial charge in [0.05, 0.1) is 5.92 Å². The van der Waals surface area contributed by atoms with Gasteiger partial charge in [0.2, 0.25) is 0 Å². The number of aromatic nitrogens is 1. The molecule has 2 atom stereocenters. The quantitative estimate of drug-likeness (QED) is 0.871. The maximum Gasteiger partial charge on any atom is 0.434 e. The van der Waals surface area contributed by atoms with Gasteiger partial charge in [-0.3, -0.25) is 4.79 Å². The fourth-order valence-electron chi connectivity index (χ4n) is 2.52. The zero-order chi connectivity index (χ0) is 15.8. The first kappa shape index (κ1) is 16.1. The van der Waals surface area contributed by atoms with Crippen LogP contribution in [0.4, 0.5) is 19.0 Å². The molecule has 1 aliphatic heterocycles. The third-order valence-electron chi connectivity index (χ3n) is 3.43. The Morgan fingerprint density at radius 1 is 1.43 bits per heavy atom. The Morgan fingerprint density at radius 3 is 2.67 bits per heavy atom. The maximum atomic E-state index is 12.9. The molecule has 0 aromatic carbocycles. The third-order valence-corrected chi connectivity index (χ3v) is 4.07. The van der Waals surface area contributed by atoms with Gasteiger partial charge in [0.25, 0.3) is 0 Å². The predicted molar refractivity (Wildman–Crippen MR) is 74.1 cm³/mol. The van der Waals surface area contributed by atoms with Gasteiger partial charge in [0.1, 0.15) is 5.82 Å². The normalized spacial score (nSPS) is 23.2. The first-order valence-corrected chi connectivity index (χ1v) is 7.19. The Morgan fingerprint density at radius 2 is 2.10 bits per heavy atom. The van der Waals surface area contributed by atoms with Crippen molar-refractivity contribution in [3.63, 3.8) is 0 Å². The monoisotopic (exact) mass is 366 g/mol. The van der Waals surface area contributed by atoms with Gasteiger partial charge >= 0.3 is 12.1 Å². The van der Waals surface area contributed by atoms with E-state index in [0.717, 1.165) is 0 Å². The van der Waals surface area contributed by atoms with E-state index in [1.807, 2.05) is 6.92 Å². The fourth-order valence-corrected chi connectivity index (χ4v) is 2.97. The summed E-state index contributed by atoms with van der Waals surface area (Å²) in [4.78, 5) is 16.4. The Labute approximate surface area is 128 Å². The number of alkyl halides is 3. The number of nitrogens with zero attached hydrogens (tertiary/aromatic N) is 2. The van der Waals surface area contributed by atoms with E-state index in [0.29, 0.717) is 13.0 Å². The highest BCUT2D eigenvalue weighted by molar-refractivity contribution is 9.10. The number of piperidine rings is 1. The average molecular weight is 367 g/mol. The number of hydrogen-bond acceptors (Lipinski definition) is 3. The zero-order valence-corrected chi connectivity index (χ0v) is 12.8. The van der Waals surface area contributed by atoms with Crippen LogP contribution in [0.15, 0.2) is 16.6 Å². The van der Waals surface area contributed by atoms with Crippen molar-refractivity contribution in [3.05, 3.63) is 22.3 Å². The van der Waals surface area contributed by atoms with E-state index >= 15 is 0 Å². The number of hydrogen-bond donors (Lipinski definition) is 1. The molecule has 1 aliphatic rings. The zero-order valence-electron chi connectivity index (χ0n) is 11.2. The highest BCUT2D eigenvalue weighted by Crippen LogP contribution is 2.35.